The molecule has 0 atom stereocenters. The maximum Gasteiger partial charge on any atom is 0.237 e. The number of methoxy groups -OCH3 is 1. The molecule has 5 heteroatoms. The minimum atomic E-state index is 0.218. The second kappa shape index (κ2) is 5.73. The number of rotatable bonds is 3. The van der Waals surface area contributed by atoms with Crippen molar-refractivity contribution in [2.24, 2.45) is 0 Å². The summed E-state index contributed by atoms with van der Waals surface area (Å²) in [6.07, 6.45) is 1.57. The van der Waals surface area contributed by atoms with Crippen LogP contribution in [-0.4, -0.2) is 12.1 Å². The Balaban J connectivity index is 2.44. The van der Waals surface area contributed by atoms with E-state index in [1.54, 1.807) is 30.5 Å². The molecule has 2 aromatic rings. The van der Waals surface area contributed by atoms with E-state index in [1.807, 2.05) is 13.0 Å². The number of aromatic nitrogens is 1. The van der Waals surface area contributed by atoms with Crippen molar-refractivity contribution < 1.29 is 9.47 Å². The van der Waals surface area contributed by atoms with Gasteiger partial charge in [0.05, 0.1) is 18.7 Å². The molecular formula is C15H11N3O2. The molecule has 0 radical (unpaired) electrons. The van der Waals surface area contributed by atoms with Crippen molar-refractivity contribution in [2.75, 3.05) is 7.11 Å². The van der Waals surface area contributed by atoms with Crippen LogP contribution in [0.4, 0.5) is 0 Å². The highest BCUT2D eigenvalue weighted by molar-refractivity contribution is 5.51. The maximum atomic E-state index is 9.14. The fourth-order valence-electron chi connectivity index (χ4n) is 1.67. The van der Waals surface area contributed by atoms with Gasteiger partial charge in [0, 0.05) is 12.3 Å². The predicted octanol–water partition coefficient (Wildman–Crippen LogP) is 2.93. The van der Waals surface area contributed by atoms with E-state index >= 15 is 0 Å². The van der Waals surface area contributed by atoms with Gasteiger partial charge in [0.25, 0.3) is 0 Å². The van der Waals surface area contributed by atoms with Crippen LogP contribution in [0.2, 0.25) is 0 Å². The van der Waals surface area contributed by atoms with Crippen molar-refractivity contribution in [1.82, 2.24) is 4.98 Å². The third-order valence-electron chi connectivity index (χ3n) is 2.74. The van der Waals surface area contributed by atoms with Crippen molar-refractivity contribution in [3.05, 3.63) is 47.2 Å². The largest absolute Gasteiger partial charge is 0.493 e. The SMILES string of the molecule is COc1cc(C#N)ccc1Oc1nccc(C)c1C#N. The molecule has 0 aliphatic heterocycles. The lowest BCUT2D eigenvalue weighted by molar-refractivity contribution is 0.373. The molecule has 98 valence electrons. The molecule has 0 fully saturated rings. The Morgan fingerprint density at radius 1 is 1.10 bits per heavy atom. The Morgan fingerprint density at radius 2 is 1.90 bits per heavy atom. The van der Waals surface area contributed by atoms with E-state index in [0.717, 1.165) is 5.56 Å². The van der Waals surface area contributed by atoms with Crippen molar-refractivity contribution in [2.45, 2.75) is 6.92 Å². The van der Waals surface area contributed by atoms with Crippen molar-refractivity contribution in [3.63, 3.8) is 0 Å². The summed E-state index contributed by atoms with van der Waals surface area (Å²) in [6.45, 7) is 1.81. The summed E-state index contributed by atoms with van der Waals surface area (Å²) >= 11 is 0. The van der Waals surface area contributed by atoms with Gasteiger partial charge in [-0.25, -0.2) is 4.98 Å². The highest BCUT2D eigenvalue weighted by Gasteiger charge is 2.12. The number of aryl methyl sites for hydroxylation is 1. The molecule has 20 heavy (non-hydrogen) atoms. The zero-order valence-electron chi connectivity index (χ0n) is 11.0. The fourth-order valence-corrected chi connectivity index (χ4v) is 1.67. The van der Waals surface area contributed by atoms with Gasteiger partial charge in [-0.05, 0) is 30.7 Å². The van der Waals surface area contributed by atoms with Crippen LogP contribution in [0.3, 0.4) is 0 Å². The molecule has 1 heterocycles. The van der Waals surface area contributed by atoms with E-state index < -0.39 is 0 Å². The maximum absolute atomic E-state index is 9.14. The Hall–Kier alpha value is -3.05. The molecule has 0 saturated heterocycles. The van der Waals surface area contributed by atoms with Crippen LogP contribution in [0, 0.1) is 29.6 Å². The third-order valence-corrected chi connectivity index (χ3v) is 2.74. The van der Waals surface area contributed by atoms with Gasteiger partial charge in [-0.1, -0.05) is 0 Å². The third kappa shape index (κ3) is 2.52. The van der Waals surface area contributed by atoms with E-state index in [2.05, 4.69) is 11.1 Å². The number of ether oxygens (including phenoxy) is 2. The van der Waals surface area contributed by atoms with E-state index in [0.29, 0.717) is 22.6 Å². The summed E-state index contributed by atoms with van der Waals surface area (Å²) in [5.74, 6) is 1.04. The van der Waals surface area contributed by atoms with E-state index in [9.17, 15) is 0 Å². The topological polar surface area (TPSA) is 78.9 Å². The second-order valence-corrected chi connectivity index (χ2v) is 4.00. The number of nitrogens with zero attached hydrogens (tertiary/aromatic N) is 3. The van der Waals surface area contributed by atoms with E-state index in [1.165, 1.54) is 7.11 Å². The first kappa shape index (κ1) is 13.4. The van der Waals surface area contributed by atoms with Crippen LogP contribution in [-0.2, 0) is 0 Å². The summed E-state index contributed by atoms with van der Waals surface area (Å²) in [5, 5.41) is 18.0. The fraction of sp³-hybridized carbons (Fsp3) is 0.133. The van der Waals surface area contributed by atoms with Gasteiger partial charge in [-0.3, -0.25) is 0 Å². The van der Waals surface area contributed by atoms with Gasteiger partial charge in [0.15, 0.2) is 11.5 Å². The number of hydrogen-bond donors (Lipinski definition) is 0. The van der Waals surface area contributed by atoms with Crippen LogP contribution in [0.1, 0.15) is 16.7 Å². The molecule has 1 aromatic heterocycles. The standard InChI is InChI=1S/C15H11N3O2/c1-10-5-6-18-15(12(10)9-17)20-13-4-3-11(8-16)7-14(13)19-2/h3-7H,1-2H3. The summed E-state index contributed by atoms with van der Waals surface area (Å²) in [6, 6.07) is 10.6. The van der Waals surface area contributed by atoms with Crippen molar-refractivity contribution >= 4 is 0 Å². The van der Waals surface area contributed by atoms with Crippen LogP contribution < -0.4 is 9.47 Å². The smallest absolute Gasteiger partial charge is 0.237 e. The number of benzene rings is 1. The van der Waals surface area contributed by atoms with Gasteiger partial charge in [0.2, 0.25) is 5.88 Å². The minimum absolute atomic E-state index is 0.218. The van der Waals surface area contributed by atoms with Crippen LogP contribution in [0.15, 0.2) is 30.5 Å². The minimum Gasteiger partial charge on any atom is -0.493 e. The lowest BCUT2D eigenvalue weighted by Crippen LogP contribution is -1.96. The molecule has 0 saturated carbocycles. The van der Waals surface area contributed by atoms with Gasteiger partial charge in [0.1, 0.15) is 11.6 Å². The van der Waals surface area contributed by atoms with Gasteiger partial charge in [-0.2, -0.15) is 10.5 Å². The first-order valence-corrected chi connectivity index (χ1v) is 5.81. The molecule has 2 rings (SSSR count). The molecule has 0 amide bonds. The van der Waals surface area contributed by atoms with Crippen molar-refractivity contribution in [1.29, 1.82) is 10.5 Å². The van der Waals surface area contributed by atoms with Gasteiger partial charge < -0.3 is 9.47 Å². The Bertz CT molecular complexity index is 727. The first-order valence-electron chi connectivity index (χ1n) is 5.81. The lowest BCUT2D eigenvalue weighted by Gasteiger charge is -2.11. The lowest BCUT2D eigenvalue weighted by atomic mass is 10.2. The van der Waals surface area contributed by atoms with Crippen molar-refractivity contribution in [3.8, 4) is 29.5 Å². The molecule has 0 aliphatic rings. The zero-order chi connectivity index (χ0) is 14.5. The summed E-state index contributed by atoms with van der Waals surface area (Å²) in [5.41, 5.74) is 1.62. The molecule has 1 aromatic carbocycles. The summed E-state index contributed by atoms with van der Waals surface area (Å²) < 4.78 is 10.8. The van der Waals surface area contributed by atoms with Gasteiger partial charge in [-0.15, -0.1) is 0 Å². The highest BCUT2D eigenvalue weighted by atomic mass is 16.5. The molecule has 5 nitrogen and oxygen atoms in total. The first-order chi connectivity index (χ1) is 9.69. The molecular weight excluding hydrogens is 254 g/mol. The van der Waals surface area contributed by atoms with E-state index in [4.69, 9.17) is 20.0 Å². The predicted molar refractivity (Wildman–Crippen MR) is 71.5 cm³/mol. The number of nitriles is 2. The van der Waals surface area contributed by atoms with E-state index in [-0.39, 0.29) is 5.88 Å². The molecule has 0 aliphatic carbocycles. The quantitative estimate of drug-likeness (QED) is 0.852. The Morgan fingerprint density at radius 3 is 2.55 bits per heavy atom. The number of hydrogen-bond acceptors (Lipinski definition) is 5. The second-order valence-electron chi connectivity index (χ2n) is 4.00. The molecule has 0 unspecified atom stereocenters. The van der Waals surface area contributed by atoms with Crippen LogP contribution in [0.5, 0.6) is 17.4 Å². The Kier molecular flexibility index (Phi) is 3.83. The molecule has 0 N–H and O–H groups in total. The normalized spacial score (nSPS) is 9.40. The molecule has 0 bridgehead atoms. The zero-order valence-corrected chi connectivity index (χ0v) is 11.0. The Labute approximate surface area is 116 Å². The van der Waals surface area contributed by atoms with Crippen LogP contribution >= 0.6 is 0 Å². The molecule has 0 spiro atoms. The average molecular weight is 265 g/mol. The summed E-state index contributed by atoms with van der Waals surface area (Å²) in [7, 11) is 1.48. The average Bonchev–Trinajstić information content (AvgIpc) is 2.48. The summed E-state index contributed by atoms with van der Waals surface area (Å²) in [4.78, 5) is 4.06. The van der Waals surface area contributed by atoms with Gasteiger partial charge >= 0.3 is 0 Å². The highest BCUT2D eigenvalue weighted by Crippen LogP contribution is 2.33. The van der Waals surface area contributed by atoms with Crippen LogP contribution in [0.25, 0.3) is 0 Å². The monoisotopic (exact) mass is 265 g/mol. The number of pyridine rings is 1.